The first-order valence-corrected chi connectivity index (χ1v) is 14.4. The first kappa shape index (κ1) is 24.1. The standard InChI is InChI=1S/C34H36O4/c35-19-32(38)28-9-8-26(15-29(28)34-16-20-10-21(17-34)12-22(11-20)18-34)24-4-5-25-14-27(7-6-23(25)13-24)33-30(36)2-1-3-31(33)37/h4-9,13-15,20-22,32,35-36,38H,1-3,10-12,16-19H2. The molecular weight excluding hydrogens is 472 g/mol. The predicted molar refractivity (Wildman–Crippen MR) is 150 cm³/mol. The van der Waals surface area contributed by atoms with E-state index < -0.39 is 6.10 Å². The third-order valence-corrected chi connectivity index (χ3v) is 10.0. The summed E-state index contributed by atoms with van der Waals surface area (Å²) in [4.78, 5) is 12.5. The number of rotatable bonds is 5. The molecule has 0 amide bonds. The van der Waals surface area contributed by atoms with E-state index in [1.54, 1.807) is 0 Å². The molecule has 3 aromatic rings. The van der Waals surface area contributed by atoms with Crippen LogP contribution < -0.4 is 0 Å². The average molecular weight is 509 g/mol. The van der Waals surface area contributed by atoms with Crippen LogP contribution in [-0.2, 0) is 10.2 Å². The van der Waals surface area contributed by atoms with Gasteiger partial charge in [0.1, 0.15) is 11.9 Å². The number of fused-ring (bicyclic) bond motifs is 1. The first-order chi connectivity index (χ1) is 18.4. The van der Waals surface area contributed by atoms with Crippen LogP contribution in [0.15, 0.2) is 60.4 Å². The molecule has 0 aliphatic heterocycles. The quantitative estimate of drug-likeness (QED) is 0.346. The van der Waals surface area contributed by atoms with Crippen molar-refractivity contribution >= 4 is 22.1 Å². The summed E-state index contributed by atoms with van der Waals surface area (Å²) in [5.41, 5.74) is 5.79. The topological polar surface area (TPSA) is 77.8 Å². The summed E-state index contributed by atoms with van der Waals surface area (Å²) in [7, 11) is 0. The maximum atomic E-state index is 12.5. The minimum atomic E-state index is -0.852. The summed E-state index contributed by atoms with van der Waals surface area (Å²) in [5.74, 6) is 2.62. The van der Waals surface area contributed by atoms with Crippen molar-refractivity contribution in [2.24, 2.45) is 17.8 Å². The number of carbonyl (C=O) groups is 1. The van der Waals surface area contributed by atoms with E-state index in [0.29, 0.717) is 24.8 Å². The molecule has 3 N–H and O–H groups in total. The number of hydrogen-bond donors (Lipinski definition) is 3. The Balaban J connectivity index is 1.29. The summed E-state index contributed by atoms with van der Waals surface area (Å²) in [6.07, 6.45) is 8.62. The fourth-order valence-corrected chi connectivity index (χ4v) is 8.76. The van der Waals surface area contributed by atoms with Crippen molar-refractivity contribution < 1.29 is 20.1 Å². The van der Waals surface area contributed by atoms with Crippen LogP contribution >= 0.6 is 0 Å². The van der Waals surface area contributed by atoms with Gasteiger partial charge in [0, 0.05) is 12.8 Å². The summed E-state index contributed by atoms with van der Waals surface area (Å²) in [5, 5.41) is 33.2. The van der Waals surface area contributed by atoms with Gasteiger partial charge in [0.25, 0.3) is 0 Å². The van der Waals surface area contributed by atoms with E-state index in [0.717, 1.165) is 50.8 Å². The Morgan fingerprint density at radius 3 is 2.00 bits per heavy atom. The van der Waals surface area contributed by atoms with Gasteiger partial charge in [-0.05, 0) is 119 Å². The number of allylic oxidation sites excluding steroid dienone is 2. The minimum Gasteiger partial charge on any atom is -0.512 e. The lowest BCUT2D eigenvalue weighted by Crippen LogP contribution is -2.49. The molecule has 0 aromatic heterocycles. The molecule has 0 radical (unpaired) electrons. The summed E-state index contributed by atoms with van der Waals surface area (Å²) < 4.78 is 0. The van der Waals surface area contributed by atoms with Crippen LogP contribution in [-0.4, -0.2) is 27.7 Å². The van der Waals surface area contributed by atoms with Crippen LogP contribution in [0.2, 0.25) is 0 Å². The highest BCUT2D eigenvalue weighted by Crippen LogP contribution is 2.61. The molecule has 38 heavy (non-hydrogen) atoms. The zero-order valence-corrected chi connectivity index (χ0v) is 21.8. The molecule has 1 atom stereocenters. The van der Waals surface area contributed by atoms with Gasteiger partial charge in [-0.2, -0.15) is 0 Å². The number of ketones is 1. The van der Waals surface area contributed by atoms with Crippen molar-refractivity contribution in [2.45, 2.75) is 69.3 Å². The van der Waals surface area contributed by atoms with Crippen molar-refractivity contribution in [2.75, 3.05) is 6.61 Å². The molecule has 8 rings (SSSR count). The molecule has 5 aliphatic rings. The summed E-state index contributed by atoms with van der Waals surface area (Å²) in [6, 6.07) is 18.8. The van der Waals surface area contributed by atoms with Gasteiger partial charge in [0.15, 0.2) is 5.78 Å². The summed E-state index contributed by atoms with van der Waals surface area (Å²) >= 11 is 0. The number of Topliss-reactive ketones (excluding diaryl/α,β-unsaturated/α-hetero) is 1. The maximum Gasteiger partial charge on any atom is 0.166 e. The number of aliphatic hydroxyl groups is 3. The second-order valence-electron chi connectivity index (χ2n) is 12.6. The van der Waals surface area contributed by atoms with Gasteiger partial charge >= 0.3 is 0 Å². The zero-order chi connectivity index (χ0) is 26.0. The molecular formula is C34H36O4. The monoisotopic (exact) mass is 508 g/mol. The van der Waals surface area contributed by atoms with E-state index in [4.69, 9.17) is 0 Å². The van der Waals surface area contributed by atoms with Gasteiger partial charge in [-0.15, -0.1) is 0 Å². The summed E-state index contributed by atoms with van der Waals surface area (Å²) in [6.45, 7) is -0.258. The molecule has 4 saturated carbocycles. The Morgan fingerprint density at radius 1 is 0.789 bits per heavy atom. The minimum absolute atomic E-state index is 0.0204. The Labute approximate surface area is 224 Å². The SMILES string of the molecule is O=C1CCCC(O)=C1c1ccc2cc(-c3ccc(C(O)CO)c(C45CC6CC(CC(C6)C4)C5)c3)ccc2c1. The van der Waals surface area contributed by atoms with Crippen LogP contribution in [0, 0.1) is 17.8 Å². The van der Waals surface area contributed by atoms with Gasteiger partial charge in [-0.3, -0.25) is 4.79 Å². The van der Waals surface area contributed by atoms with Gasteiger partial charge < -0.3 is 15.3 Å². The van der Waals surface area contributed by atoms with Crippen LogP contribution in [0.25, 0.3) is 27.5 Å². The van der Waals surface area contributed by atoms with Crippen molar-refractivity contribution in [3.63, 3.8) is 0 Å². The Hall–Kier alpha value is -2.95. The number of carbonyl (C=O) groups excluding carboxylic acids is 1. The highest BCUT2D eigenvalue weighted by atomic mass is 16.3. The van der Waals surface area contributed by atoms with Gasteiger partial charge in [-0.25, -0.2) is 0 Å². The molecule has 0 heterocycles. The van der Waals surface area contributed by atoms with Crippen LogP contribution in [0.3, 0.4) is 0 Å². The molecule has 4 bridgehead atoms. The number of benzene rings is 3. The molecule has 196 valence electrons. The lowest BCUT2D eigenvalue weighted by molar-refractivity contribution is -0.114. The van der Waals surface area contributed by atoms with Crippen molar-refractivity contribution in [3.8, 4) is 11.1 Å². The highest BCUT2D eigenvalue weighted by Gasteiger charge is 2.52. The average Bonchev–Trinajstić information content (AvgIpc) is 2.91. The molecule has 4 nitrogen and oxygen atoms in total. The van der Waals surface area contributed by atoms with Crippen molar-refractivity contribution in [1.82, 2.24) is 0 Å². The van der Waals surface area contributed by atoms with E-state index in [-0.39, 0.29) is 23.6 Å². The third-order valence-electron chi connectivity index (χ3n) is 10.0. The van der Waals surface area contributed by atoms with Gasteiger partial charge in [0.05, 0.1) is 12.2 Å². The molecule has 0 spiro atoms. The maximum absolute atomic E-state index is 12.5. The van der Waals surface area contributed by atoms with Crippen LogP contribution in [0.1, 0.15) is 80.6 Å². The van der Waals surface area contributed by atoms with E-state index >= 15 is 0 Å². The first-order valence-electron chi connectivity index (χ1n) is 14.4. The zero-order valence-electron chi connectivity index (χ0n) is 21.8. The fourth-order valence-electron chi connectivity index (χ4n) is 8.76. The second-order valence-corrected chi connectivity index (χ2v) is 12.6. The predicted octanol–water partition coefficient (Wildman–Crippen LogP) is 7.02. The Bertz CT molecular complexity index is 1430. The van der Waals surface area contributed by atoms with Gasteiger partial charge in [0.2, 0.25) is 0 Å². The van der Waals surface area contributed by atoms with Gasteiger partial charge in [-0.1, -0.05) is 42.5 Å². The van der Waals surface area contributed by atoms with E-state index in [9.17, 15) is 20.1 Å². The van der Waals surface area contributed by atoms with Crippen LogP contribution in [0.4, 0.5) is 0 Å². The normalized spacial score (nSPS) is 29.3. The lowest BCUT2D eigenvalue weighted by atomic mass is 9.47. The molecule has 5 aliphatic carbocycles. The molecule has 4 heteroatoms. The van der Waals surface area contributed by atoms with E-state index in [2.05, 4.69) is 30.3 Å². The number of aliphatic hydroxyl groups excluding tert-OH is 3. The van der Waals surface area contributed by atoms with E-state index in [1.807, 2.05) is 24.3 Å². The van der Waals surface area contributed by atoms with Crippen molar-refractivity contribution in [1.29, 1.82) is 0 Å². The third kappa shape index (κ3) is 3.92. The second kappa shape index (κ2) is 9.07. The van der Waals surface area contributed by atoms with Crippen molar-refractivity contribution in [3.05, 3.63) is 77.0 Å². The Kier molecular flexibility index (Phi) is 5.75. The highest BCUT2D eigenvalue weighted by molar-refractivity contribution is 6.22. The molecule has 4 fully saturated rings. The van der Waals surface area contributed by atoms with Crippen LogP contribution in [0.5, 0.6) is 0 Å². The molecule has 3 aromatic carbocycles. The number of hydrogen-bond acceptors (Lipinski definition) is 4. The largest absolute Gasteiger partial charge is 0.512 e. The van der Waals surface area contributed by atoms with E-state index in [1.165, 1.54) is 44.1 Å². The molecule has 1 unspecified atom stereocenters. The Morgan fingerprint density at radius 2 is 1.37 bits per heavy atom. The lowest BCUT2D eigenvalue weighted by Gasteiger charge is -2.57. The fraction of sp³-hybridized carbons (Fsp3) is 0.441. The smallest absolute Gasteiger partial charge is 0.166 e. The molecule has 0 saturated heterocycles.